The monoisotopic (exact) mass is 359 g/mol. The average molecular weight is 359 g/mol. The maximum Gasteiger partial charge on any atom is 0.261 e. The van der Waals surface area contributed by atoms with Gasteiger partial charge in [-0.2, -0.15) is 0 Å². The zero-order valence-electron chi connectivity index (χ0n) is 14.8. The van der Waals surface area contributed by atoms with Crippen LogP contribution in [0, 0.1) is 0 Å². The zero-order valence-corrected chi connectivity index (χ0v) is 15.6. The predicted molar refractivity (Wildman–Crippen MR) is 102 cm³/mol. The summed E-state index contributed by atoms with van der Waals surface area (Å²) in [6, 6.07) is 10.2. The highest BCUT2D eigenvalue weighted by atomic mass is 32.1. The lowest BCUT2D eigenvalue weighted by molar-refractivity contribution is -0.129. The van der Waals surface area contributed by atoms with Crippen molar-refractivity contribution < 1.29 is 9.59 Å². The van der Waals surface area contributed by atoms with Crippen LogP contribution in [0.2, 0.25) is 0 Å². The van der Waals surface area contributed by atoms with E-state index < -0.39 is 0 Å². The average Bonchev–Trinajstić information content (AvgIpc) is 3.16. The Labute approximate surface area is 152 Å². The van der Waals surface area contributed by atoms with E-state index in [0.29, 0.717) is 13.0 Å². The summed E-state index contributed by atoms with van der Waals surface area (Å²) in [5, 5.41) is 4.12. The molecule has 0 aliphatic carbocycles. The van der Waals surface area contributed by atoms with E-state index in [-0.39, 0.29) is 17.9 Å². The van der Waals surface area contributed by atoms with Crippen LogP contribution in [-0.4, -0.2) is 61.4 Å². The number of carbonyl (C=O) groups is 2. The first-order valence-corrected chi connectivity index (χ1v) is 9.57. The van der Waals surface area contributed by atoms with Crippen molar-refractivity contribution in [3.63, 3.8) is 0 Å². The molecule has 0 bridgehead atoms. The van der Waals surface area contributed by atoms with Crippen LogP contribution in [0.1, 0.15) is 28.9 Å². The molecular formula is C19H25N3O2S. The minimum Gasteiger partial charge on any atom is -0.351 e. The van der Waals surface area contributed by atoms with E-state index in [1.54, 1.807) is 0 Å². The highest BCUT2D eigenvalue weighted by Crippen LogP contribution is 2.25. The molecule has 0 radical (unpaired) electrons. The number of rotatable bonds is 7. The molecule has 0 saturated carbocycles. The fourth-order valence-corrected chi connectivity index (χ4v) is 4.22. The molecule has 1 aliphatic rings. The number of amides is 2. The van der Waals surface area contributed by atoms with E-state index in [1.807, 2.05) is 49.3 Å². The fourth-order valence-electron chi connectivity index (χ4n) is 3.24. The van der Waals surface area contributed by atoms with Gasteiger partial charge in [-0.3, -0.25) is 9.59 Å². The topological polar surface area (TPSA) is 52.6 Å². The fraction of sp³-hybridized carbons (Fsp3) is 0.474. The van der Waals surface area contributed by atoms with Crippen molar-refractivity contribution >= 4 is 33.2 Å². The number of likely N-dealkylation sites (N-methyl/N-ethyl adjacent to an activating group) is 1. The van der Waals surface area contributed by atoms with E-state index in [2.05, 4.69) is 10.2 Å². The highest BCUT2D eigenvalue weighted by molar-refractivity contribution is 7.20. The number of likely N-dealkylation sites (tertiary alicyclic amines) is 1. The maximum absolute atomic E-state index is 12.4. The Bertz CT molecular complexity index is 723. The highest BCUT2D eigenvalue weighted by Gasteiger charge is 2.30. The normalized spacial score (nSPS) is 17.6. The lowest BCUT2D eigenvalue weighted by Crippen LogP contribution is -2.39. The molecule has 1 atom stereocenters. The van der Waals surface area contributed by atoms with Gasteiger partial charge in [-0.15, -0.1) is 11.3 Å². The predicted octanol–water partition coefficient (Wildman–Crippen LogP) is 2.57. The summed E-state index contributed by atoms with van der Waals surface area (Å²) in [4.78, 5) is 29.2. The summed E-state index contributed by atoms with van der Waals surface area (Å²) in [7, 11) is 4.03. The molecule has 2 amide bonds. The summed E-state index contributed by atoms with van der Waals surface area (Å²) in [5.74, 6) is 0.216. The molecule has 0 spiro atoms. The molecule has 1 saturated heterocycles. The van der Waals surface area contributed by atoms with Crippen LogP contribution < -0.4 is 5.32 Å². The summed E-state index contributed by atoms with van der Waals surface area (Å²) < 4.78 is 1.13. The minimum absolute atomic E-state index is 0.0228. The third-order valence-electron chi connectivity index (χ3n) is 4.65. The quantitative estimate of drug-likeness (QED) is 0.827. The molecule has 134 valence electrons. The number of nitrogens with one attached hydrogen (secondary N) is 1. The van der Waals surface area contributed by atoms with Crippen molar-refractivity contribution in [2.75, 3.05) is 33.7 Å². The van der Waals surface area contributed by atoms with Crippen LogP contribution in [-0.2, 0) is 4.79 Å². The van der Waals surface area contributed by atoms with Gasteiger partial charge in [0.25, 0.3) is 5.91 Å². The molecule has 3 rings (SSSR count). The van der Waals surface area contributed by atoms with Gasteiger partial charge in [0.05, 0.1) is 4.88 Å². The molecule has 6 heteroatoms. The number of fused-ring (bicyclic) bond motifs is 1. The first kappa shape index (κ1) is 17.9. The van der Waals surface area contributed by atoms with Crippen LogP contribution in [0.3, 0.4) is 0 Å². The standard InChI is InChI=1S/C19H25N3O2S/c1-21(2)11-12-22-15(7-8-18(22)23)9-10-20-19(24)17-13-14-5-3-4-6-16(14)25-17/h3-6,13,15H,7-12H2,1-2H3,(H,20,24)/t15-/m0/s1. The molecule has 1 fully saturated rings. The number of hydrogen-bond acceptors (Lipinski definition) is 4. The largest absolute Gasteiger partial charge is 0.351 e. The number of hydrogen-bond donors (Lipinski definition) is 1. The Morgan fingerprint density at radius 2 is 2.16 bits per heavy atom. The molecule has 2 aromatic rings. The zero-order chi connectivity index (χ0) is 17.8. The molecule has 2 heterocycles. The van der Waals surface area contributed by atoms with Gasteiger partial charge >= 0.3 is 0 Å². The molecule has 0 unspecified atom stereocenters. The van der Waals surface area contributed by atoms with Crippen molar-refractivity contribution in [3.05, 3.63) is 35.2 Å². The summed E-state index contributed by atoms with van der Waals surface area (Å²) >= 11 is 1.52. The lowest BCUT2D eigenvalue weighted by atomic mass is 10.1. The van der Waals surface area contributed by atoms with Gasteiger partial charge in [0.15, 0.2) is 0 Å². The maximum atomic E-state index is 12.4. The van der Waals surface area contributed by atoms with Crippen molar-refractivity contribution in [3.8, 4) is 0 Å². The minimum atomic E-state index is -0.0228. The Morgan fingerprint density at radius 1 is 1.36 bits per heavy atom. The van der Waals surface area contributed by atoms with Crippen LogP contribution in [0.15, 0.2) is 30.3 Å². The first-order valence-electron chi connectivity index (χ1n) is 8.75. The summed E-state index contributed by atoms with van der Waals surface area (Å²) in [6.07, 6.45) is 2.34. The Kier molecular flexibility index (Phi) is 5.71. The molecule has 1 aromatic heterocycles. The number of carbonyl (C=O) groups excluding carboxylic acids is 2. The van der Waals surface area contributed by atoms with E-state index in [1.165, 1.54) is 11.3 Å². The molecule has 25 heavy (non-hydrogen) atoms. The van der Waals surface area contributed by atoms with Gasteiger partial charge in [-0.1, -0.05) is 18.2 Å². The molecule has 1 N–H and O–H groups in total. The van der Waals surface area contributed by atoms with Crippen LogP contribution in [0.4, 0.5) is 0 Å². The van der Waals surface area contributed by atoms with Crippen LogP contribution in [0.25, 0.3) is 10.1 Å². The van der Waals surface area contributed by atoms with Crippen molar-refractivity contribution in [1.29, 1.82) is 0 Å². The third kappa shape index (κ3) is 4.38. The Hall–Kier alpha value is -1.92. The SMILES string of the molecule is CN(C)CCN1C(=O)CC[C@H]1CCNC(=O)c1cc2ccccc2s1. The van der Waals surface area contributed by atoms with Crippen LogP contribution >= 0.6 is 11.3 Å². The second kappa shape index (κ2) is 7.97. The van der Waals surface area contributed by atoms with Gasteiger partial charge < -0.3 is 15.1 Å². The van der Waals surface area contributed by atoms with Crippen molar-refractivity contribution in [2.45, 2.75) is 25.3 Å². The van der Waals surface area contributed by atoms with Crippen LogP contribution in [0.5, 0.6) is 0 Å². The van der Waals surface area contributed by atoms with Gasteiger partial charge in [-0.25, -0.2) is 0 Å². The van der Waals surface area contributed by atoms with Gasteiger partial charge in [0.1, 0.15) is 0 Å². The smallest absolute Gasteiger partial charge is 0.261 e. The molecule has 1 aromatic carbocycles. The Morgan fingerprint density at radius 3 is 2.92 bits per heavy atom. The summed E-state index contributed by atoms with van der Waals surface area (Å²) in [5.41, 5.74) is 0. The van der Waals surface area contributed by atoms with Gasteiger partial charge in [0.2, 0.25) is 5.91 Å². The number of benzene rings is 1. The van der Waals surface area contributed by atoms with E-state index >= 15 is 0 Å². The van der Waals surface area contributed by atoms with Crippen molar-refractivity contribution in [1.82, 2.24) is 15.1 Å². The first-order chi connectivity index (χ1) is 12.0. The number of thiophene rings is 1. The molecule has 5 nitrogen and oxygen atoms in total. The molecular weight excluding hydrogens is 334 g/mol. The van der Waals surface area contributed by atoms with Crippen molar-refractivity contribution in [2.24, 2.45) is 0 Å². The second-order valence-corrected chi connectivity index (χ2v) is 7.86. The van der Waals surface area contributed by atoms with Gasteiger partial charge in [-0.05, 0) is 44.5 Å². The molecule has 1 aliphatic heterocycles. The van der Waals surface area contributed by atoms with E-state index in [9.17, 15) is 9.59 Å². The summed E-state index contributed by atoms with van der Waals surface area (Å²) in [6.45, 7) is 2.24. The third-order valence-corrected chi connectivity index (χ3v) is 5.77. The van der Waals surface area contributed by atoms with E-state index in [4.69, 9.17) is 0 Å². The lowest BCUT2D eigenvalue weighted by Gasteiger charge is -2.26. The Balaban J connectivity index is 1.51. The number of nitrogens with zero attached hydrogens (tertiary/aromatic N) is 2. The second-order valence-electron chi connectivity index (χ2n) is 6.78. The van der Waals surface area contributed by atoms with E-state index in [0.717, 1.165) is 40.9 Å². The van der Waals surface area contributed by atoms with Gasteiger partial charge in [0, 0.05) is 36.8 Å².